The summed E-state index contributed by atoms with van der Waals surface area (Å²) in [6, 6.07) is 4.78. The summed E-state index contributed by atoms with van der Waals surface area (Å²) in [6.07, 6.45) is 4.06. The van der Waals surface area contributed by atoms with Crippen molar-refractivity contribution >= 4 is 33.8 Å². The molecule has 4 nitrogen and oxygen atoms in total. The number of halogens is 1. The monoisotopic (exact) mass is 290 g/mol. The van der Waals surface area contributed by atoms with Crippen LogP contribution in [0.2, 0.25) is 0 Å². The van der Waals surface area contributed by atoms with Crippen molar-refractivity contribution < 1.29 is 4.39 Å². The molecule has 0 unspecified atom stereocenters. The van der Waals surface area contributed by atoms with Gasteiger partial charge in [-0.1, -0.05) is 25.1 Å². The number of rotatable bonds is 4. The first-order valence-corrected chi connectivity index (χ1v) is 7.83. The van der Waals surface area contributed by atoms with Gasteiger partial charge >= 0.3 is 0 Å². The van der Waals surface area contributed by atoms with Gasteiger partial charge in [0.05, 0.1) is 5.52 Å². The van der Waals surface area contributed by atoms with Crippen molar-refractivity contribution in [2.45, 2.75) is 31.5 Å². The first kappa shape index (κ1) is 13.3. The maximum atomic E-state index is 13.5. The van der Waals surface area contributed by atoms with Gasteiger partial charge in [0.25, 0.3) is 0 Å². The van der Waals surface area contributed by atoms with Crippen molar-refractivity contribution in [3.8, 4) is 0 Å². The predicted molar refractivity (Wildman–Crippen MR) is 79.5 cm³/mol. The lowest BCUT2D eigenvalue weighted by Crippen LogP contribution is -2.00. The van der Waals surface area contributed by atoms with Gasteiger partial charge in [0.1, 0.15) is 11.3 Å². The molecule has 2 heterocycles. The van der Waals surface area contributed by atoms with Crippen LogP contribution < -0.4 is 0 Å². The molecule has 0 aliphatic rings. The number of hydrogen-bond donors (Lipinski definition) is 0. The summed E-state index contributed by atoms with van der Waals surface area (Å²) in [4.78, 5) is 4.54. The molecule has 3 rings (SSSR count). The normalized spacial score (nSPS) is 11.6. The predicted octanol–water partition coefficient (Wildman–Crippen LogP) is 3.64. The van der Waals surface area contributed by atoms with Crippen LogP contribution in [0.25, 0.3) is 22.1 Å². The Labute approximate surface area is 120 Å². The lowest BCUT2D eigenvalue weighted by Gasteiger charge is -2.05. The highest BCUT2D eigenvalue weighted by Crippen LogP contribution is 2.28. The molecule has 0 saturated heterocycles. The van der Waals surface area contributed by atoms with E-state index in [1.807, 2.05) is 6.26 Å². The molecule has 0 fully saturated rings. The third-order valence-electron chi connectivity index (χ3n) is 3.33. The second kappa shape index (κ2) is 5.36. The van der Waals surface area contributed by atoms with E-state index in [4.69, 9.17) is 0 Å². The van der Waals surface area contributed by atoms with E-state index in [1.54, 1.807) is 6.07 Å². The third-order valence-corrected chi connectivity index (χ3v) is 3.87. The number of nitrogens with zero attached hydrogens (tertiary/aromatic N) is 4. The topological polar surface area (TPSA) is 43.6 Å². The van der Waals surface area contributed by atoms with Crippen LogP contribution in [0.1, 0.15) is 19.8 Å². The van der Waals surface area contributed by atoms with Gasteiger partial charge in [0.15, 0.2) is 5.65 Å². The number of thioether (sulfide) groups is 1. The van der Waals surface area contributed by atoms with E-state index in [9.17, 15) is 4.39 Å². The molecule has 0 N–H and O–H groups in total. The van der Waals surface area contributed by atoms with Gasteiger partial charge in [-0.25, -0.2) is 9.37 Å². The zero-order chi connectivity index (χ0) is 14.1. The summed E-state index contributed by atoms with van der Waals surface area (Å²) >= 11 is 1.46. The molecule has 3 aromatic rings. The molecular weight excluding hydrogens is 275 g/mol. The molecule has 0 saturated carbocycles. The summed E-state index contributed by atoms with van der Waals surface area (Å²) < 4.78 is 15.6. The Bertz CT molecular complexity index is 769. The van der Waals surface area contributed by atoms with E-state index >= 15 is 0 Å². The number of fused-ring (bicyclic) bond motifs is 3. The standard InChI is InChI=1S/C14H15FN4S/c1-3-4-7-19-11-6-5-9(15)8-10(11)12-13(19)16-14(20-2)18-17-12/h5-6,8H,3-4,7H2,1-2H3. The Kier molecular flexibility index (Phi) is 3.56. The minimum atomic E-state index is -0.261. The fraction of sp³-hybridized carbons (Fsp3) is 0.357. The van der Waals surface area contributed by atoms with Gasteiger partial charge in [0.2, 0.25) is 5.16 Å². The molecule has 20 heavy (non-hydrogen) atoms. The van der Waals surface area contributed by atoms with Gasteiger partial charge in [-0.05, 0) is 30.9 Å². The molecule has 0 aliphatic heterocycles. The zero-order valence-corrected chi connectivity index (χ0v) is 12.2. The lowest BCUT2D eigenvalue weighted by molar-refractivity contribution is 0.628. The Hall–Kier alpha value is -1.69. The van der Waals surface area contributed by atoms with Crippen molar-refractivity contribution in [2.24, 2.45) is 0 Å². The van der Waals surface area contributed by atoms with Crippen LogP contribution >= 0.6 is 11.8 Å². The molecule has 0 atom stereocenters. The van der Waals surface area contributed by atoms with Crippen molar-refractivity contribution in [3.63, 3.8) is 0 Å². The molecule has 0 bridgehead atoms. The van der Waals surface area contributed by atoms with Crippen LogP contribution in [-0.4, -0.2) is 26.0 Å². The van der Waals surface area contributed by atoms with E-state index in [0.717, 1.165) is 35.9 Å². The molecular formula is C14H15FN4S. The summed E-state index contributed by atoms with van der Waals surface area (Å²) in [7, 11) is 0. The van der Waals surface area contributed by atoms with Gasteiger partial charge in [0, 0.05) is 11.9 Å². The van der Waals surface area contributed by atoms with Crippen LogP contribution in [0, 0.1) is 5.82 Å². The molecule has 0 amide bonds. The maximum Gasteiger partial charge on any atom is 0.210 e. The second-order valence-electron chi connectivity index (χ2n) is 4.64. The fourth-order valence-electron chi connectivity index (χ4n) is 2.34. The fourth-order valence-corrected chi connectivity index (χ4v) is 2.64. The lowest BCUT2D eigenvalue weighted by atomic mass is 10.2. The van der Waals surface area contributed by atoms with Crippen molar-refractivity contribution in [1.29, 1.82) is 0 Å². The highest BCUT2D eigenvalue weighted by atomic mass is 32.2. The highest BCUT2D eigenvalue weighted by Gasteiger charge is 2.15. The van der Waals surface area contributed by atoms with Gasteiger partial charge in [-0.15, -0.1) is 10.2 Å². The summed E-state index contributed by atoms with van der Waals surface area (Å²) in [5.74, 6) is -0.261. The maximum absolute atomic E-state index is 13.5. The molecule has 0 aliphatic carbocycles. The number of aromatic nitrogens is 4. The van der Waals surface area contributed by atoms with E-state index < -0.39 is 0 Å². The average molecular weight is 290 g/mol. The molecule has 6 heteroatoms. The van der Waals surface area contributed by atoms with Crippen molar-refractivity contribution in [1.82, 2.24) is 19.7 Å². The quantitative estimate of drug-likeness (QED) is 0.688. The van der Waals surface area contributed by atoms with E-state index in [1.165, 1.54) is 23.9 Å². The molecule has 104 valence electrons. The Morgan fingerprint density at radius 2 is 2.15 bits per heavy atom. The SMILES string of the molecule is CCCCn1c2ccc(F)cc2c2nnc(SC)nc21. The van der Waals surface area contributed by atoms with Gasteiger partial charge in [-0.3, -0.25) is 0 Å². The van der Waals surface area contributed by atoms with Crippen molar-refractivity contribution in [2.75, 3.05) is 6.26 Å². The number of unbranched alkanes of at least 4 members (excludes halogenated alkanes) is 1. The number of benzene rings is 1. The summed E-state index contributed by atoms with van der Waals surface area (Å²) in [6.45, 7) is 3.00. The largest absolute Gasteiger partial charge is 0.324 e. The first-order chi connectivity index (χ1) is 9.74. The zero-order valence-electron chi connectivity index (χ0n) is 11.4. The third kappa shape index (κ3) is 2.14. The highest BCUT2D eigenvalue weighted by molar-refractivity contribution is 7.98. The second-order valence-corrected chi connectivity index (χ2v) is 5.41. The van der Waals surface area contributed by atoms with Crippen LogP contribution in [-0.2, 0) is 6.54 Å². The van der Waals surface area contributed by atoms with E-state index in [-0.39, 0.29) is 5.82 Å². The van der Waals surface area contributed by atoms with E-state index in [0.29, 0.717) is 10.7 Å². The molecule has 0 spiro atoms. The smallest absolute Gasteiger partial charge is 0.210 e. The summed E-state index contributed by atoms with van der Waals surface area (Å²) in [5.41, 5.74) is 2.43. The average Bonchev–Trinajstić information content (AvgIpc) is 2.77. The van der Waals surface area contributed by atoms with Crippen LogP contribution in [0.5, 0.6) is 0 Å². The Morgan fingerprint density at radius 1 is 1.30 bits per heavy atom. The minimum Gasteiger partial charge on any atom is -0.324 e. The molecule has 1 aromatic carbocycles. The Balaban J connectivity index is 2.33. The van der Waals surface area contributed by atoms with E-state index in [2.05, 4.69) is 26.7 Å². The summed E-state index contributed by atoms with van der Waals surface area (Å²) in [5, 5.41) is 9.71. The Morgan fingerprint density at radius 3 is 2.90 bits per heavy atom. The van der Waals surface area contributed by atoms with Crippen LogP contribution in [0.4, 0.5) is 4.39 Å². The van der Waals surface area contributed by atoms with Crippen molar-refractivity contribution in [3.05, 3.63) is 24.0 Å². The number of aryl methyl sites for hydroxylation is 1. The van der Waals surface area contributed by atoms with Gasteiger partial charge < -0.3 is 4.57 Å². The molecule has 2 aromatic heterocycles. The molecule has 0 radical (unpaired) electrons. The first-order valence-electron chi connectivity index (χ1n) is 6.60. The minimum absolute atomic E-state index is 0.261. The van der Waals surface area contributed by atoms with Gasteiger partial charge in [-0.2, -0.15) is 0 Å². The van der Waals surface area contributed by atoms with Crippen LogP contribution in [0.15, 0.2) is 23.4 Å². The van der Waals surface area contributed by atoms with Crippen LogP contribution in [0.3, 0.4) is 0 Å². The number of hydrogen-bond acceptors (Lipinski definition) is 4.